The summed E-state index contributed by atoms with van der Waals surface area (Å²) in [6.45, 7) is 5.46. The molecule has 0 saturated heterocycles. The SMILES string of the molecule is CCCCN(CCO)c1ncnc(NCCC)c1[N+](=O)[O-]. The van der Waals surface area contributed by atoms with Gasteiger partial charge in [-0.15, -0.1) is 0 Å². The van der Waals surface area contributed by atoms with Crippen LogP contribution in [0.1, 0.15) is 33.1 Å². The minimum atomic E-state index is -0.469. The average molecular weight is 297 g/mol. The van der Waals surface area contributed by atoms with Crippen LogP contribution in [-0.4, -0.2) is 46.2 Å². The molecule has 0 unspecified atom stereocenters. The van der Waals surface area contributed by atoms with E-state index in [9.17, 15) is 10.1 Å². The van der Waals surface area contributed by atoms with Crippen LogP contribution in [0.4, 0.5) is 17.3 Å². The fraction of sp³-hybridized carbons (Fsp3) is 0.692. The maximum Gasteiger partial charge on any atom is 0.353 e. The van der Waals surface area contributed by atoms with Gasteiger partial charge in [-0.25, -0.2) is 9.97 Å². The molecule has 0 atom stereocenters. The summed E-state index contributed by atoms with van der Waals surface area (Å²) in [5, 5.41) is 23.5. The summed E-state index contributed by atoms with van der Waals surface area (Å²) in [5.74, 6) is 0.488. The second-order valence-corrected chi connectivity index (χ2v) is 4.64. The van der Waals surface area contributed by atoms with Crippen molar-refractivity contribution >= 4 is 17.3 Å². The van der Waals surface area contributed by atoms with E-state index in [0.717, 1.165) is 19.3 Å². The Morgan fingerprint density at radius 3 is 2.67 bits per heavy atom. The summed E-state index contributed by atoms with van der Waals surface area (Å²) in [6, 6.07) is 0. The van der Waals surface area contributed by atoms with Crippen LogP contribution in [0.3, 0.4) is 0 Å². The normalized spacial score (nSPS) is 10.4. The van der Waals surface area contributed by atoms with Crippen molar-refractivity contribution < 1.29 is 10.0 Å². The molecular formula is C13H23N5O3. The van der Waals surface area contributed by atoms with Crippen molar-refractivity contribution in [2.24, 2.45) is 0 Å². The Balaban J connectivity index is 3.14. The van der Waals surface area contributed by atoms with Gasteiger partial charge in [-0.3, -0.25) is 10.1 Å². The lowest BCUT2D eigenvalue weighted by atomic mass is 10.3. The summed E-state index contributed by atoms with van der Waals surface area (Å²) >= 11 is 0. The molecule has 0 bridgehead atoms. The predicted octanol–water partition coefficient (Wildman–Crippen LogP) is 1.81. The molecule has 0 spiro atoms. The number of hydrogen-bond donors (Lipinski definition) is 2. The molecule has 1 aromatic rings. The number of aliphatic hydroxyl groups excluding tert-OH is 1. The van der Waals surface area contributed by atoms with Crippen molar-refractivity contribution in [1.29, 1.82) is 0 Å². The predicted molar refractivity (Wildman–Crippen MR) is 81.7 cm³/mol. The fourth-order valence-electron chi connectivity index (χ4n) is 1.94. The first-order chi connectivity index (χ1) is 10.2. The Morgan fingerprint density at radius 1 is 1.33 bits per heavy atom. The Bertz CT molecular complexity index is 455. The lowest BCUT2D eigenvalue weighted by Gasteiger charge is -2.22. The topological polar surface area (TPSA) is 104 Å². The van der Waals surface area contributed by atoms with Crippen LogP contribution >= 0.6 is 0 Å². The Kier molecular flexibility index (Phi) is 7.38. The maximum absolute atomic E-state index is 11.4. The van der Waals surface area contributed by atoms with Crippen LogP contribution in [0.5, 0.6) is 0 Å². The zero-order valence-electron chi connectivity index (χ0n) is 12.6. The highest BCUT2D eigenvalue weighted by Gasteiger charge is 2.26. The highest BCUT2D eigenvalue weighted by atomic mass is 16.6. The number of hydrogen-bond acceptors (Lipinski definition) is 7. The van der Waals surface area contributed by atoms with Gasteiger partial charge in [-0.2, -0.15) is 0 Å². The molecule has 0 aliphatic rings. The van der Waals surface area contributed by atoms with E-state index in [1.54, 1.807) is 4.90 Å². The van der Waals surface area contributed by atoms with Gasteiger partial charge in [0.15, 0.2) is 0 Å². The molecule has 0 fully saturated rings. The Morgan fingerprint density at radius 2 is 2.10 bits per heavy atom. The number of rotatable bonds is 10. The first-order valence-electron chi connectivity index (χ1n) is 7.24. The Labute approximate surface area is 124 Å². The molecule has 0 aliphatic carbocycles. The summed E-state index contributed by atoms with van der Waals surface area (Å²) in [5.41, 5.74) is -0.129. The number of aromatic nitrogens is 2. The second-order valence-electron chi connectivity index (χ2n) is 4.64. The number of nitro groups is 1. The highest BCUT2D eigenvalue weighted by Crippen LogP contribution is 2.31. The Hall–Kier alpha value is -1.96. The third kappa shape index (κ3) is 4.82. The largest absolute Gasteiger partial charge is 0.395 e. The molecule has 1 aromatic heterocycles. The van der Waals surface area contributed by atoms with Crippen molar-refractivity contribution in [3.63, 3.8) is 0 Å². The molecule has 21 heavy (non-hydrogen) atoms. The van der Waals surface area contributed by atoms with Gasteiger partial charge in [0.05, 0.1) is 11.5 Å². The lowest BCUT2D eigenvalue weighted by molar-refractivity contribution is -0.383. The van der Waals surface area contributed by atoms with Crippen LogP contribution in [0.15, 0.2) is 6.33 Å². The maximum atomic E-state index is 11.4. The van der Waals surface area contributed by atoms with Crippen LogP contribution in [0.25, 0.3) is 0 Å². The first kappa shape index (κ1) is 17.1. The molecule has 118 valence electrons. The van der Waals surface area contributed by atoms with E-state index >= 15 is 0 Å². The van der Waals surface area contributed by atoms with Gasteiger partial charge in [-0.05, 0) is 12.8 Å². The third-order valence-corrected chi connectivity index (χ3v) is 2.98. The van der Waals surface area contributed by atoms with E-state index in [-0.39, 0.29) is 23.9 Å². The van der Waals surface area contributed by atoms with Crippen molar-refractivity contribution in [2.75, 3.05) is 36.5 Å². The molecule has 0 aromatic carbocycles. The smallest absolute Gasteiger partial charge is 0.353 e. The number of unbranched alkanes of at least 4 members (excludes halogenated alkanes) is 1. The van der Waals surface area contributed by atoms with Gasteiger partial charge in [0.2, 0.25) is 11.6 Å². The molecule has 8 nitrogen and oxygen atoms in total. The van der Waals surface area contributed by atoms with E-state index in [1.165, 1.54) is 6.33 Å². The molecular weight excluding hydrogens is 274 g/mol. The van der Waals surface area contributed by atoms with Crippen LogP contribution in [0.2, 0.25) is 0 Å². The molecule has 2 N–H and O–H groups in total. The number of nitrogens with zero attached hydrogens (tertiary/aromatic N) is 4. The first-order valence-corrected chi connectivity index (χ1v) is 7.24. The minimum absolute atomic E-state index is 0.0808. The molecule has 1 heterocycles. The number of anilines is 2. The van der Waals surface area contributed by atoms with Crippen molar-refractivity contribution in [1.82, 2.24) is 9.97 Å². The zero-order valence-corrected chi connectivity index (χ0v) is 12.6. The van der Waals surface area contributed by atoms with Crippen molar-refractivity contribution in [3.05, 3.63) is 16.4 Å². The molecule has 0 radical (unpaired) electrons. The van der Waals surface area contributed by atoms with Gasteiger partial charge in [-0.1, -0.05) is 20.3 Å². The van der Waals surface area contributed by atoms with Crippen LogP contribution in [0, 0.1) is 10.1 Å². The second kappa shape index (κ2) is 9.06. The van der Waals surface area contributed by atoms with E-state index < -0.39 is 4.92 Å². The van der Waals surface area contributed by atoms with Gasteiger partial charge in [0.1, 0.15) is 6.33 Å². The number of nitrogens with one attached hydrogen (secondary N) is 1. The third-order valence-electron chi connectivity index (χ3n) is 2.98. The molecule has 0 saturated carbocycles. The minimum Gasteiger partial charge on any atom is -0.395 e. The highest BCUT2D eigenvalue weighted by molar-refractivity contribution is 5.70. The summed E-state index contributed by atoms with van der Waals surface area (Å²) in [7, 11) is 0. The molecule has 1 rings (SSSR count). The lowest BCUT2D eigenvalue weighted by Crippen LogP contribution is -2.29. The summed E-state index contributed by atoms with van der Waals surface area (Å²) < 4.78 is 0. The quantitative estimate of drug-likeness (QED) is 0.501. The van der Waals surface area contributed by atoms with E-state index in [1.807, 2.05) is 13.8 Å². The average Bonchev–Trinajstić information content (AvgIpc) is 2.48. The van der Waals surface area contributed by atoms with Gasteiger partial charge in [0.25, 0.3) is 0 Å². The van der Waals surface area contributed by atoms with E-state index in [0.29, 0.717) is 19.6 Å². The monoisotopic (exact) mass is 297 g/mol. The fourth-order valence-corrected chi connectivity index (χ4v) is 1.94. The molecule has 8 heteroatoms. The van der Waals surface area contributed by atoms with E-state index in [2.05, 4.69) is 15.3 Å². The number of aliphatic hydroxyl groups is 1. The van der Waals surface area contributed by atoms with Gasteiger partial charge >= 0.3 is 5.69 Å². The van der Waals surface area contributed by atoms with Gasteiger partial charge in [0, 0.05) is 19.6 Å². The molecule has 0 aliphatic heterocycles. The molecule has 0 amide bonds. The van der Waals surface area contributed by atoms with Crippen molar-refractivity contribution in [3.8, 4) is 0 Å². The van der Waals surface area contributed by atoms with Crippen molar-refractivity contribution in [2.45, 2.75) is 33.1 Å². The zero-order chi connectivity index (χ0) is 15.7. The van der Waals surface area contributed by atoms with E-state index in [4.69, 9.17) is 5.11 Å². The standard InChI is InChI=1S/C13H23N5O3/c1-3-5-7-17(8-9-19)13-11(18(20)21)12(14-6-4-2)15-10-16-13/h10,19H,3-9H2,1-2H3,(H,14,15,16). The summed E-state index contributed by atoms with van der Waals surface area (Å²) in [6.07, 6.45) is 3.99. The van der Waals surface area contributed by atoms with Gasteiger partial charge < -0.3 is 15.3 Å². The van der Waals surface area contributed by atoms with Crippen LogP contribution in [-0.2, 0) is 0 Å². The van der Waals surface area contributed by atoms with Crippen LogP contribution < -0.4 is 10.2 Å². The summed E-state index contributed by atoms with van der Waals surface area (Å²) in [4.78, 5) is 20.7.